The van der Waals surface area contributed by atoms with Crippen LogP contribution in [0.2, 0.25) is 5.02 Å². The number of nitriles is 1. The van der Waals surface area contributed by atoms with Crippen molar-refractivity contribution in [2.45, 2.75) is 4.90 Å². The fraction of sp³-hybridized carbons (Fsp3) is 0.0667. The third-order valence-corrected chi connectivity index (χ3v) is 3.74. The zero-order valence-electron chi connectivity index (χ0n) is 10.5. The summed E-state index contributed by atoms with van der Waals surface area (Å²) in [6.07, 6.45) is 0. The lowest BCUT2D eigenvalue weighted by Gasteiger charge is -2.07. The minimum Gasteiger partial charge on any atom is -0.324 e. The SMILES string of the molecule is N#Cc1ccc(Cl)cc1NC(=O)CSc1ccccc1. The van der Waals surface area contributed by atoms with Crippen LogP contribution in [0, 0.1) is 11.3 Å². The molecule has 0 saturated heterocycles. The molecule has 0 unspecified atom stereocenters. The Morgan fingerprint density at radius 2 is 2.00 bits per heavy atom. The fourth-order valence-electron chi connectivity index (χ4n) is 1.57. The number of nitrogens with zero attached hydrogens (tertiary/aromatic N) is 1. The van der Waals surface area contributed by atoms with Gasteiger partial charge in [-0.1, -0.05) is 29.8 Å². The average molecular weight is 303 g/mol. The molecule has 0 atom stereocenters. The largest absolute Gasteiger partial charge is 0.324 e. The highest BCUT2D eigenvalue weighted by molar-refractivity contribution is 8.00. The van der Waals surface area contributed by atoms with Gasteiger partial charge in [-0.25, -0.2) is 0 Å². The molecule has 0 aliphatic heterocycles. The van der Waals surface area contributed by atoms with Gasteiger partial charge in [0, 0.05) is 9.92 Å². The Bertz CT molecular complexity index is 653. The molecular weight excluding hydrogens is 292 g/mol. The summed E-state index contributed by atoms with van der Waals surface area (Å²) >= 11 is 7.30. The van der Waals surface area contributed by atoms with E-state index in [9.17, 15) is 4.79 Å². The van der Waals surface area contributed by atoms with Crippen LogP contribution in [0.25, 0.3) is 0 Å². The lowest BCUT2D eigenvalue weighted by Crippen LogP contribution is -2.14. The van der Waals surface area contributed by atoms with Crippen molar-refractivity contribution in [3.05, 3.63) is 59.1 Å². The van der Waals surface area contributed by atoms with E-state index in [4.69, 9.17) is 16.9 Å². The van der Waals surface area contributed by atoms with Crippen molar-refractivity contribution >= 4 is 35.0 Å². The standard InChI is InChI=1S/C15H11ClN2OS/c16-12-7-6-11(9-17)14(8-12)18-15(19)10-20-13-4-2-1-3-5-13/h1-8H,10H2,(H,18,19). The first-order valence-corrected chi connectivity index (χ1v) is 7.23. The molecule has 5 heteroatoms. The molecule has 1 amide bonds. The van der Waals surface area contributed by atoms with E-state index in [-0.39, 0.29) is 11.7 Å². The summed E-state index contributed by atoms with van der Waals surface area (Å²) in [7, 11) is 0. The summed E-state index contributed by atoms with van der Waals surface area (Å²) in [6.45, 7) is 0. The topological polar surface area (TPSA) is 52.9 Å². The minimum absolute atomic E-state index is 0.169. The monoisotopic (exact) mass is 302 g/mol. The van der Waals surface area contributed by atoms with Crippen LogP contribution in [0.4, 0.5) is 5.69 Å². The number of hydrogen-bond acceptors (Lipinski definition) is 3. The number of carbonyl (C=O) groups is 1. The molecule has 0 aromatic heterocycles. The van der Waals surface area contributed by atoms with Crippen molar-refractivity contribution in [3.8, 4) is 6.07 Å². The van der Waals surface area contributed by atoms with Gasteiger partial charge in [0.1, 0.15) is 6.07 Å². The Morgan fingerprint density at radius 1 is 1.25 bits per heavy atom. The lowest BCUT2D eigenvalue weighted by molar-refractivity contribution is -0.113. The second-order valence-electron chi connectivity index (χ2n) is 3.95. The Morgan fingerprint density at radius 3 is 2.70 bits per heavy atom. The first-order chi connectivity index (χ1) is 9.69. The normalized spacial score (nSPS) is 9.80. The van der Waals surface area contributed by atoms with Crippen molar-refractivity contribution in [2.75, 3.05) is 11.1 Å². The van der Waals surface area contributed by atoms with Crippen LogP contribution in [-0.4, -0.2) is 11.7 Å². The van der Waals surface area contributed by atoms with Crippen molar-refractivity contribution in [2.24, 2.45) is 0 Å². The highest BCUT2D eigenvalue weighted by Gasteiger charge is 2.08. The highest BCUT2D eigenvalue weighted by Crippen LogP contribution is 2.22. The molecule has 0 heterocycles. The fourth-order valence-corrected chi connectivity index (χ4v) is 2.46. The van der Waals surface area contributed by atoms with Crippen molar-refractivity contribution in [3.63, 3.8) is 0 Å². The van der Waals surface area contributed by atoms with Crippen LogP contribution >= 0.6 is 23.4 Å². The van der Waals surface area contributed by atoms with Gasteiger partial charge in [-0.15, -0.1) is 11.8 Å². The van der Waals surface area contributed by atoms with E-state index < -0.39 is 0 Å². The number of benzene rings is 2. The molecule has 2 rings (SSSR count). The molecule has 20 heavy (non-hydrogen) atoms. The summed E-state index contributed by atoms with van der Waals surface area (Å²) in [5.74, 6) is 0.110. The third-order valence-electron chi connectivity index (χ3n) is 2.49. The van der Waals surface area contributed by atoms with Gasteiger partial charge in [0.15, 0.2) is 0 Å². The van der Waals surface area contributed by atoms with Gasteiger partial charge in [0.25, 0.3) is 0 Å². The Kier molecular flexibility index (Phi) is 5.05. The number of nitrogens with one attached hydrogen (secondary N) is 1. The summed E-state index contributed by atoms with van der Waals surface area (Å²) in [5, 5.41) is 12.2. The summed E-state index contributed by atoms with van der Waals surface area (Å²) in [5.41, 5.74) is 0.839. The zero-order chi connectivity index (χ0) is 14.4. The van der Waals surface area contributed by atoms with E-state index in [0.29, 0.717) is 16.3 Å². The molecular formula is C15H11ClN2OS. The van der Waals surface area contributed by atoms with Crippen LogP contribution in [-0.2, 0) is 4.79 Å². The highest BCUT2D eigenvalue weighted by atomic mass is 35.5. The molecule has 1 N–H and O–H groups in total. The molecule has 2 aromatic rings. The van der Waals surface area contributed by atoms with Gasteiger partial charge < -0.3 is 5.32 Å². The second kappa shape index (κ2) is 6.99. The first-order valence-electron chi connectivity index (χ1n) is 5.86. The number of halogens is 1. The van der Waals surface area contributed by atoms with Crippen LogP contribution in [0.1, 0.15) is 5.56 Å². The molecule has 0 saturated carbocycles. The lowest BCUT2D eigenvalue weighted by atomic mass is 10.2. The van der Waals surface area contributed by atoms with Gasteiger partial charge in [0.2, 0.25) is 5.91 Å². The molecule has 0 fully saturated rings. The predicted molar refractivity (Wildman–Crippen MR) is 82.0 cm³/mol. The van der Waals surface area contributed by atoms with Crippen LogP contribution < -0.4 is 5.32 Å². The molecule has 0 spiro atoms. The molecule has 0 bridgehead atoms. The average Bonchev–Trinajstić information content (AvgIpc) is 2.46. The third kappa shape index (κ3) is 4.02. The van der Waals surface area contributed by atoms with E-state index in [1.165, 1.54) is 11.8 Å². The molecule has 0 aliphatic carbocycles. The van der Waals surface area contributed by atoms with E-state index in [1.807, 2.05) is 36.4 Å². The number of carbonyl (C=O) groups excluding carboxylic acids is 1. The van der Waals surface area contributed by atoms with E-state index in [2.05, 4.69) is 5.32 Å². The smallest absolute Gasteiger partial charge is 0.234 e. The first kappa shape index (κ1) is 14.4. The number of rotatable bonds is 4. The van der Waals surface area contributed by atoms with Crippen LogP contribution in [0.5, 0.6) is 0 Å². The van der Waals surface area contributed by atoms with Crippen molar-refractivity contribution in [1.82, 2.24) is 0 Å². The molecule has 0 radical (unpaired) electrons. The van der Waals surface area contributed by atoms with Gasteiger partial charge in [-0.3, -0.25) is 4.79 Å². The number of hydrogen-bond donors (Lipinski definition) is 1. The summed E-state index contributed by atoms with van der Waals surface area (Å²) in [6, 6.07) is 16.5. The van der Waals surface area contributed by atoms with Crippen molar-refractivity contribution in [1.29, 1.82) is 5.26 Å². The van der Waals surface area contributed by atoms with E-state index in [0.717, 1.165) is 4.90 Å². The molecule has 2 aromatic carbocycles. The van der Waals surface area contributed by atoms with Crippen LogP contribution in [0.15, 0.2) is 53.4 Å². The van der Waals surface area contributed by atoms with Crippen LogP contribution in [0.3, 0.4) is 0 Å². The maximum atomic E-state index is 11.9. The van der Waals surface area contributed by atoms with E-state index in [1.54, 1.807) is 18.2 Å². The maximum absolute atomic E-state index is 11.9. The van der Waals surface area contributed by atoms with Gasteiger partial charge >= 0.3 is 0 Å². The Labute approximate surface area is 126 Å². The Hall–Kier alpha value is -1.96. The van der Waals surface area contributed by atoms with Gasteiger partial charge in [-0.2, -0.15) is 5.26 Å². The number of thioether (sulfide) groups is 1. The predicted octanol–water partition coefficient (Wildman–Crippen LogP) is 3.94. The minimum atomic E-state index is -0.169. The van der Waals surface area contributed by atoms with E-state index >= 15 is 0 Å². The molecule has 0 aliphatic rings. The number of anilines is 1. The van der Waals surface area contributed by atoms with Gasteiger partial charge in [0.05, 0.1) is 17.0 Å². The second-order valence-corrected chi connectivity index (χ2v) is 5.44. The van der Waals surface area contributed by atoms with Gasteiger partial charge in [-0.05, 0) is 30.3 Å². The Balaban J connectivity index is 1.98. The summed E-state index contributed by atoms with van der Waals surface area (Å²) in [4.78, 5) is 12.9. The molecule has 100 valence electrons. The number of amides is 1. The summed E-state index contributed by atoms with van der Waals surface area (Å²) < 4.78 is 0. The zero-order valence-corrected chi connectivity index (χ0v) is 12.0. The maximum Gasteiger partial charge on any atom is 0.234 e. The van der Waals surface area contributed by atoms with Crippen molar-refractivity contribution < 1.29 is 4.79 Å². The quantitative estimate of drug-likeness (QED) is 0.870. The molecule has 3 nitrogen and oxygen atoms in total.